The Morgan fingerprint density at radius 1 is 1.37 bits per heavy atom. The van der Waals surface area contributed by atoms with Crippen molar-refractivity contribution >= 4 is 32.8 Å². The number of hydrogen-bond acceptors (Lipinski definition) is 2. The maximum atomic E-state index is 10.6. The molecule has 0 aliphatic rings. The van der Waals surface area contributed by atoms with Gasteiger partial charge in [-0.25, -0.2) is 4.79 Å². The van der Waals surface area contributed by atoms with Gasteiger partial charge in [0.05, 0.1) is 0 Å². The summed E-state index contributed by atoms with van der Waals surface area (Å²) in [6.45, 7) is 9.46. The van der Waals surface area contributed by atoms with Crippen LogP contribution in [0.25, 0.3) is 10.9 Å². The van der Waals surface area contributed by atoms with Crippen molar-refractivity contribution in [2.45, 2.75) is 31.9 Å². The van der Waals surface area contributed by atoms with E-state index in [9.17, 15) is 13.2 Å². The molecule has 4 nitrogen and oxygen atoms in total. The Morgan fingerprint density at radius 2 is 1.93 bits per heavy atom. The van der Waals surface area contributed by atoms with Crippen LogP contribution in [0.2, 0.25) is 0 Å². The lowest BCUT2D eigenvalue weighted by Gasteiger charge is -2.23. The minimum absolute atomic E-state index is 0.0384. The van der Waals surface area contributed by atoms with Crippen LogP contribution in [0.3, 0.4) is 0 Å². The highest BCUT2D eigenvalue weighted by Gasteiger charge is 2.38. The van der Waals surface area contributed by atoms with Crippen molar-refractivity contribution in [1.29, 1.82) is 0 Å². The molecule has 0 bridgehead atoms. The summed E-state index contributed by atoms with van der Waals surface area (Å²) in [7, 11) is 4.15. The number of allylic oxidation sites excluding steroid dienone is 1. The van der Waals surface area contributed by atoms with E-state index in [2.05, 4.69) is 71.5 Å². The fraction of sp³-hybridized carbons (Fsp3) is 0.421. The number of carboxylic acids is 1. The number of carboxylic acid groups (broad SMARTS) is 1. The first-order chi connectivity index (χ1) is 12.4. The van der Waals surface area contributed by atoms with Crippen LogP contribution in [0.1, 0.15) is 25.1 Å². The molecular weight excluding hydrogens is 425 g/mol. The van der Waals surface area contributed by atoms with E-state index in [1.807, 2.05) is 13.1 Å². The van der Waals surface area contributed by atoms with Gasteiger partial charge in [0.15, 0.2) is 0 Å². The van der Waals surface area contributed by atoms with Crippen LogP contribution in [0, 0.1) is 0 Å². The lowest BCUT2D eigenvalue weighted by molar-refractivity contribution is -0.192. The first-order valence-electron chi connectivity index (χ1n) is 8.22. The number of likely N-dealkylation sites (N-methyl/N-ethyl adjacent to an activating group) is 1. The molecule has 0 unspecified atom stereocenters. The number of hydrogen-bond donors (Lipinski definition) is 2. The molecule has 27 heavy (non-hydrogen) atoms. The van der Waals surface area contributed by atoms with E-state index in [1.165, 1.54) is 22.2 Å². The van der Waals surface area contributed by atoms with Crippen molar-refractivity contribution in [3.8, 4) is 0 Å². The highest BCUT2D eigenvalue weighted by Crippen LogP contribution is 2.36. The van der Waals surface area contributed by atoms with Gasteiger partial charge in [0.2, 0.25) is 0 Å². The highest BCUT2D eigenvalue weighted by atomic mass is 79.9. The lowest BCUT2D eigenvalue weighted by atomic mass is 9.85. The van der Waals surface area contributed by atoms with Crippen molar-refractivity contribution in [2.24, 2.45) is 7.05 Å². The van der Waals surface area contributed by atoms with E-state index < -0.39 is 12.1 Å². The third-order valence-corrected chi connectivity index (χ3v) is 4.75. The second-order valence-corrected chi connectivity index (χ2v) is 7.55. The number of rotatable bonds is 5. The van der Waals surface area contributed by atoms with E-state index in [1.54, 1.807) is 0 Å². The number of halogens is 4. The maximum Gasteiger partial charge on any atom is 0.490 e. The molecule has 1 aromatic heterocycles. The van der Waals surface area contributed by atoms with Crippen LogP contribution in [0.4, 0.5) is 13.2 Å². The molecule has 0 saturated carbocycles. The maximum absolute atomic E-state index is 10.6. The molecule has 0 radical (unpaired) electrons. The number of nitrogens with zero attached hydrogens (tertiary/aromatic N) is 1. The van der Waals surface area contributed by atoms with Gasteiger partial charge in [-0.3, -0.25) is 0 Å². The van der Waals surface area contributed by atoms with Crippen LogP contribution in [0.15, 0.2) is 35.3 Å². The average Bonchev–Trinajstić information content (AvgIpc) is 2.85. The van der Waals surface area contributed by atoms with Crippen molar-refractivity contribution in [3.63, 3.8) is 0 Å². The topological polar surface area (TPSA) is 54.3 Å². The molecule has 1 aromatic carbocycles. The van der Waals surface area contributed by atoms with Crippen molar-refractivity contribution < 1.29 is 23.1 Å². The van der Waals surface area contributed by atoms with Crippen molar-refractivity contribution in [1.82, 2.24) is 9.88 Å². The second-order valence-electron chi connectivity index (χ2n) is 6.63. The van der Waals surface area contributed by atoms with E-state index in [4.69, 9.17) is 9.90 Å². The fourth-order valence-corrected chi connectivity index (χ4v) is 3.26. The molecule has 0 saturated heterocycles. The zero-order valence-corrected chi connectivity index (χ0v) is 17.3. The summed E-state index contributed by atoms with van der Waals surface area (Å²) >= 11 is 3.57. The van der Waals surface area contributed by atoms with Crippen LogP contribution in [-0.2, 0) is 23.7 Å². The Bertz CT molecular complexity index is 826. The van der Waals surface area contributed by atoms with Crippen LogP contribution < -0.4 is 5.32 Å². The van der Waals surface area contributed by atoms with Crippen LogP contribution in [0.5, 0.6) is 0 Å². The van der Waals surface area contributed by atoms with Crippen molar-refractivity contribution in [3.05, 3.63) is 46.6 Å². The molecule has 2 aromatic rings. The summed E-state index contributed by atoms with van der Waals surface area (Å²) in [5, 5.41) is 11.7. The highest BCUT2D eigenvalue weighted by molar-refractivity contribution is 9.10. The predicted octanol–water partition coefficient (Wildman–Crippen LogP) is 4.80. The zero-order chi connectivity index (χ0) is 21.0. The number of nitrogens with one attached hydrogen (secondary N) is 1. The first-order valence-corrected chi connectivity index (χ1v) is 9.01. The smallest absolute Gasteiger partial charge is 0.475 e. The number of fused-ring (bicyclic) bond motifs is 1. The van der Waals surface area contributed by atoms with Crippen molar-refractivity contribution in [2.75, 3.05) is 13.6 Å². The Labute approximate surface area is 165 Å². The molecule has 150 valence electrons. The fourth-order valence-electron chi connectivity index (χ4n) is 2.91. The number of carbonyl (C=O) groups is 1. The van der Waals surface area contributed by atoms with E-state index in [0.717, 1.165) is 17.4 Å². The van der Waals surface area contributed by atoms with Crippen LogP contribution >= 0.6 is 15.9 Å². The molecule has 0 aliphatic carbocycles. The monoisotopic (exact) mass is 448 g/mol. The van der Waals surface area contributed by atoms with Gasteiger partial charge in [-0.1, -0.05) is 41.9 Å². The average molecular weight is 449 g/mol. The van der Waals surface area contributed by atoms with Gasteiger partial charge in [0, 0.05) is 33.5 Å². The van der Waals surface area contributed by atoms with Gasteiger partial charge in [0.25, 0.3) is 0 Å². The standard InChI is InChI=1S/C17H23BrN2.C2HF3O2/c1-6-17(2,3)16-14(9-10-19-4)13-8-7-12(18)11-15(13)20(16)5;3-2(4,5)1(6)7/h6-8,11,19H,1,9-10H2,2-5H3;(H,6,7). The quantitative estimate of drug-likeness (QED) is 0.645. The van der Waals surface area contributed by atoms with Gasteiger partial charge in [-0.15, -0.1) is 6.58 Å². The molecule has 1 heterocycles. The molecule has 0 aliphatic heterocycles. The molecule has 2 rings (SSSR count). The van der Waals surface area contributed by atoms with E-state index in [0.29, 0.717) is 0 Å². The summed E-state index contributed by atoms with van der Waals surface area (Å²) in [6.07, 6.45) is -2.01. The third kappa shape index (κ3) is 5.59. The normalized spacial score (nSPS) is 11.9. The van der Waals surface area contributed by atoms with Gasteiger partial charge in [-0.05, 0) is 37.7 Å². The Morgan fingerprint density at radius 3 is 2.37 bits per heavy atom. The Kier molecular flexibility index (Phi) is 7.68. The van der Waals surface area contributed by atoms with E-state index >= 15 is 0 Å². The van der Waals surface area contributed by atoms with Gasteiger partial charge in [-0.2, -0.15) is 13.2 Å². The minimum Gasteiger partial charge on any atom is -0.475 e. The summed E-state index contributed by atoms with van der Waals surface area (Å²) in [5.41, 5.74) is 4.02. The summed E-state index contributed by atoms with van der Waals surface area (Å²) < 4.78 is 35.2. The number of benzene rings is 1. The number of aryl methyl sites for hydroxylation is 1. The third-order valence-electron chi connectivity index (χ3n) is 4.26. The molecule has 2 N–H and O–H groups in total. The Hall–Kier alpha value is -1.80. The van der Waals surface area contributed by atoms with E-state index in [-0.39, 0.29) is 5.41 Å². The van der Waals surface area contributed by atoms with Gasteiger partial charge >= 0.3 is 12.1 Å². The minimum atomic E-state index is -5.08. The summed E-state index contributed by atoms with van der Waals surface area (Å²) in [4.78, 5) is 8.90. The summed E-state index contributed by atoms with van der Waals surface area (Å²) in [6, 6.07) is 6.53. The molecule has 0 fully saturated rings. The molecule has 0 spiro atoms. The number of alkyl halides is 3. The SMILES string of the molecule is C=CC(C)(C)c1c(CCNC)c2ccc(Br)cc2n1C.O=C(O)C(F)(F)F. The molecule has 0 atom stereocenters. The first kappa shape index (κ1) is 23.2. The van der Waals surface area contributed by atoms with Crippen LogP contribution in [-0.4, -0.2) is 35.4 Å². The largest absolute Gasteiger partial charge is 0.490 e. The summed E-state index contributed by atoms with van der Waals surface area (Å²) in [5.74, 6) is -2.76. The predicted molar refractivity (Wildman–Crippen MR) is 105 cm³/mol. The number of aromatic nitrogens is 1. The van der Waals surface area contributed by atoms with Gasteiger partial charge in [0.1, 0.15) is 0 Å². The molecule has 0 amide bonds. The number of aliphatic carboxylic acids is 1. The molecular formula is C19H24BrF3N2O2. The van der Waals surface area contributed by atoms with Gasteiger partial charge < -0.3 is 15.0 Å². The second kappa shape index (κ2) is 8.93. The Balaban J connectivity index is 0.000000445. The molecule has 8 heteroatoms. The lowest BCUT2D eigenvalue weighted by Crippen LogP contribution is -2.21. The zero-order valence-electron chi connectivity index (χ0n) is 15.7.